The number of carbonyl (C=O) groups is 3. The molecule has 3 N–H and O–H groups in total. The summed E-state index contributed by atoms with van der Waals surface area (Å²) in [6.07, 6.45) is 6.77. The predicted molar refractivity (Wildman–Crippen MR) is 166 cm³/mol. The maximum Gasteiger partial charge on any atom is 0.329 e. The number of amides is 4. The number of anilines is 2. The van der Waals surface area contributed by atoms with Crippen molar-refractivity contribution in [2.45, 2.75) is 51.7 Å². The van der Waals surface area contributed by atoms with E-state index in [1.54, 1.807) is 18.3 Å². The van der Waals surface area contributed by atoms with E-state index in [0.717, 1.165) is 37.0 Å². The number of carbonyl (C=O) groups excluding carboxylic acids is 3. The van der Waals surface area contributed by atoms with Crippen LogP contribution in [-0.4, -0.2) is 79.2 Å². The highest BCUT2D eigenvalue weighted by Crippen LogP contribution is 2.24. The Morgan fingerprint density at radius 2 is 1.89 bits per heavy atom. The molecule has 14 nitrogen and oxygen atoms in total. The Balaban J connectivity index is 1.07. The van der Waals surface area contributed by atoms with Crippen molar-refractivity contribution >= 4 is 40.4 Å². The minimum Gasteiger partial charge on any atom is -0.382 e. The molecule has 2 aliphatic heterocycles. The molecule has 2 aliphatic rings. The average molecular weight is 608 g/mol. The molecule has 0 radical (unpaired) electrons. The minimum atomic E-state index is -0.487. The summed E-state index contributed by atoms with van der Waals surface area (Å²) in [7, 11) is 0. The van der Waals surface area contributed by atoms with E-state index in [1.807, 2.05) is 42.8 Å². The average Bonchev–Trinajstić information content (AvgIpc) is 3.45. The second-order valence-corrected chi connectivity index (χ2v) is 11.5. The van der Waals surface area contributed by atoms with Gasteiger partial charge in [-0.1, -0.05) is 0 Å². The van der Waals surface area contributed by atoms with Crippen LogP contribution in [0.5, 0.6) is 0 Å². The Kier molecular flexibility index (Phi) is 8.35. The van der Waals surface area contributed by atoms with Gasteiger partial charge in [0, 0.05) is 74.7 Å². The number of aromatic nitrogens is 5. The molecule has 4 amide bonds. The SMILES string of the molecule is CC(C)Nc1cc(-n2ccc3cc(C#N)cnc32)ncc1C(=O)NC1CCN(Cc2ccc(N3CCC(=O)NC3=O)nn2)CC1. The van der Waals surface area contributed by atoms with Crippen molar-refractivity contribution in [3.63, 3.8) is 0 Å². The lowest BCUT2D eigenvalue weighted by molar-refractivity contribution is -0.120. The molecular weight excluding hydrogens is 574 g/mol. The first-order valence-corrected chi connectivity index (χ1v) is 14.9. The summed E-state index contributed by atoms with van der Waals surface area (Å²) in [5.41, 5.74) is 3.08. The number of rotatable bonds is 8. The normalized spacial score (nSPS) is 16.1. The fourth-order valence-electron chi connectivity index (χ4n) is 5.55. The molecule has 4 aromatic rings. The third kappa shape index (κ3) is 6.58. The van der Waals surface area contributed by atoms with Gasteiger partial charge in [0.05, 0.1) is 22.5 Å². The molecule has 0 spiro atoms. The lowest BCUT2D eigenvalue weighted by Crippen LogP contribution is -2.50. The molecule has 2 saturated heterocycles. The minimum absolute atomic E-state index is 0.0148. The zero-order chi connectivity index (χ0) is 31.5. The van der Waals surface area contributed by atoms with E-state index in [1.165, 1.54) is 11.1 Å². The molecule has 230 valence electrons. The number of fused-ring (bicyclic) bond motifs is 1. The lowest BCUT2D eigenvalue weighted by atomic mass is 10.0. The summed E-state index contributed by atoms with van der Waals surface area (Å²) in [6.45, 7) is 6.46. The van der Waals surface area contributed by atoms with E-state index in [0.29, 0.717) is 40.6 Å². The number of nitrogens with zero attached hydrogens (tertiary/aromatic N) is 8. The summed E-state index contributed by atoms with van der Waals surface area (Å²) in [5.74, 6) is 0.543. The first kappa shape index (κ1) is 29.6. The molecule has 14 heteroatoms. The van der Waals surface area contributed by atoms with Crippen molar-refractivity contribution in [3.05, 3.63) is 65.7 Å². The second-order valence-electron chi connectivity index (χ2n) is 11.5. The van der Waals surface area contributed by atoms with Gasteiger partial charge in [-0.2, -0.15) is 10.4 Å². The van der Waals surface area contributed by atoms with Crippen molar-refractivity contribution in [3.8, 4) is 11.9 Å². The van der Waals surface area contributed by atoms with Crippen LogP contribution >= 0.6 is 0 Å². The van der Waals surface area contributed by atoms with Crippen molar-refractivity contribution < 1.29 is 14.4 Å². The van der Waals surface area contributed by atoms with Gasteiger partial charge in [0.15, 0.2) is 5.82 Å². The van der Waals surface area contributed by atoms with Crippen LogP contribution in [0.2, 0.25) is 0 Å². The van der Waals surface area contributed by atoms with E-state index in [9.17, 15) is 19.6 Å². The molecule has 0 atom stereocenters. The van der Waals surface area contributed by atoms with E-state index in [2.05, 4.69) is 47.1 Å². The van der Waals surface area contributed by atoms with Gasteiger partial charge in [0.1, 0.15) is 17.5 Å². The second kappa shape index (κ2) is 12.7. The number of nitriles is 1. The van der Waals surface area contributed by atoms with Gasteiger partial charge < -0.3 is 10.6 Å². The molecule has 0 unspecified atom stereocenters. The van der Waals surface area contributed by atoms with Gasteiger partial charge in [0.2, 0.25) is 5.91 Å². The third-order valence-electron chi connectivity index (χ3n) is 7.83. The van der Waals surface area contributed by atoms with Crippen LogP contribution in [0, 0.1) is 11.3 Å². The number of hydrogen-bond acceptors (Lipinski definition) is 10. The molecule has 45 heavy (non-hydrogen) atoms. The summed E-state index contributed by atoms with van der Waals surface area (Å²) in [4.78, 5) is 49.6. The molecule has 6 rings (SSSR count). The molecule has 4 aromatic heterocycles. The topological polar surface area (TPSA) is 174 Å². The Hall–Kier alpha value is -5.42. The number of urea groups is 1. The van der Waals surface area contributed by atoms with Crippen molar-refractivity contribution in [2.24, 2.45) is 0 Å². The fraction of sp³-hybridized carbons (Fsp3) is 0.355. The highest BCUT2D eigenvalue weighted by molar-refractivity contribution is 6.05. The quantitative estimate of drug-likeness (QED) is 0.270. The Bertz CT molecular complexity index is 1790. The molecule has 0 bridgehead atoms. The fourth-order valence-corrected chi connectivity index (χ4v) is 5.55. The van der Waals surface area contributed by atoms with E-state index < -0.39 is 6.03 Å². The standard InChI is InChI=1S/C31H33N11O3/c1-19(2)35-25-14-27(41-11-5-21-13-20(15-32)16-34-29(21)41)33-17-24(25)30(44)36-22-6-9-40(10-7-22)18-23-3-4-26(39-38-23)42-12-8-28(43)37-31(42)45/h3-5,11,13-14,16-17,19,22H,6-10,12,18H2,1-2H3,(H,33,35)(H,36,44)(H,37,43,45). The highest BCUT2D eigenvalue weighted by atomic mass is 16.2. The molecular formula is C31H33N11O3. The molecule has 0 saturated carbocycles. The van der Waals surface area contributed by atoms with E-state index >= 15 is 0 Å². The molecule has 6 heterocycles. The number of nitrogens with one attached hydrogen (secondary N) is 3. The summed E-state index contributed by atoms with van der Waals surface area (Å²) < 4.78 is 1.84. The van der Waals surface area contributed by atoms with Gasteiger partial charge >= 0.3 is 6.03 Å². The lowest BCUT2D eigenvalue weighted by Gasteiger charge is -2.32. The third-order valence-corrected chi connectivity index (χ3v) is 7.83. The molecule has 0 aliphatic carbocycles. The van der Waals surface area contributed by atoms with Crippen LogP contribution in [-0.2, 0) is 11.3 Å². The first-order valence-electron chi connectivity index (χ1n) is 14.9. The highest BCUT2D eigenvalue weighted by Gasteiger charge is 2.26. The largest absolute Gasteiger partial charge is 0.382 e. The summed E-state index contributed by atoms with van der Waals surface area (Å²) in [5, 5.41) is 27.4. The number of pyridine rings is 2. The van der Waals surface area contributed by atoms with E-state index in [4.69, 9.17) is 0 Å². The zero-order valence-electron chi connectivity index (χ0n) is 25.0. The maximum atomic E-state index is 13.4. The van der Waals surface area contributed by atoms with Crippen LogP contribution in [0.25, 0.3) is 16.9 Å². The number of imide groups is 1. The van der Waals surface area contributed by atoms with Gasteiger partial charge in [-0.25, -0.2) is 14.8 Å². The Labute approximate surface area is 259 Å². The van der Waals surface area contributed by atoms with Crippen molar-refractivity contribution in [1.29, 1.82) is 5.26 Å². The van der Waals surface area contributed by atoms with Gasteiger partial charge in [-0.15, -0.1) is 5.10 Å². The van der Waals surface area contributed by atoms with Crippen molar-refractivity contribution in [2.75, 3.05) is 29.9 Å². The summed E-state index contributed by atoms with van der Waals surface area (Å²) >= 11 is 0. The number of piperidine rings is 1. The monoisotopic (exact) mass is 607 g/mol. The maximum absolute atomic E-state index is 13.4. The van der Waals surface area contributed by atoms with Crippen LogP contribution in [0.3, 0.4) is 0 Å². The molecule has 2 fully saturated rings. The van der Waals surface area contributed by atoms with Gasteiger partial charge in [-0.05, 0) is 51.0 Å². The van der Waals surface area contributed by atoms with Crippen molar-refractivity contribution in [1.82, 2.24) is 40.3 Å². The van der Waals surface area contributed by atoms with Crippen LogP contribution in [0.4, 0.5) is 16.3 Å². The van der Waals surface area contributed by atoms with Gasteiger partial charge in [-0.3, -0.25) is 29.3 Å². The molecule has 0 aromatic carbocycles. The van der Waals surface area contributed by atoms with Gasteiger partial charge in [0.25, 0.3) is 5.91 Å². The van der Waals surface area contributed by atoms with E-state index in [-0.39, 0.29) is 36.9 Å². The number of likely N-dealkylation sites (tertiary alicyclic amines) is 1. The van der Waals surface area contributed by atoms with Crippen LogP contribution in [0.15, 0.2) is 48.9 Å². The smallest absolute Gasteiger partial charge is 0.329 e. The van der Waals surface area contributed by atoms with Crippen LogP contribution in [0.1, 0.15) is 54.7 Å². The Morgan fingerprint density at radius 3 is 2.60 bits per heavy atom. The summed E-state index contributed by atoms with van der Waals surface area (Å²) in [6, 6.07) is 10.8. The number of hydrogen-bond donors (Lipinski definition) is 3. The van der Waals surface area contributed by atoms with Crippen LogP contribution < -0.4 is 20.9 Å². The zero-order valence-corrected chi connectivity index (χ0v) is 25.0. The first-order chi connectivity index (χ1) is 21.8. The predicted octanol–water partition coefficient (Wildman–Crippen LogP) is 2.74. The Morgan fingerprint density at radius 1 is 1.07 bits per heavy atom.